The first-order chi connectivity index (χ1) is 11.5. The molecule has 5 nitrogen and oxygen atoms in total. The standard InChI is InChI=1S/C16H14F3N3O2/c17-10-4-5-11(15(19)14(10)18)21-9-3-6-13(20-8-9)22-16(23)12-2-1-7-24-12/h3-6,8,12,21H,1-2,7H2,(H,20,22,23). The summed E-state index contributed by atoms with van der Waals surface area (Å²) in [5.41, 5.74) is 0.141. The van der Waals surface area contributed by atoms with Gasteiger partial charge in [-0.05, 0) is 37.1 Å². The highest BCUT2D eigenvalue weighted by molar-refractivity contribution is 5.93. The average molecular weight is 337 g/mol. The minimum Gasteiger partial charge on any atom is -0.368 e. The molecule has 2 heterocycles. The molecular formula is C16H14F3N3O2. The first kappa shape index (κ1) is 16.3. The summed E-state index contributed by atoms with van der Waals surface area (Å²) in [6.07, 6.45) is 2.38. The van der Waals surface area contributed by atoms with Gasteiger partial charge in [0, 0.05) is 6.61 Å². The molecule has 24 heavy (non-hydrogen) atoms. The molecule has 2 aromatic rings. The van der Waals surface area contributed by atoms with E-state index in [4.69, 9.17) is 4.74 Å². The lowest BCUT2D eigenvalue weighted by Gasteiger charge is -2.11. The molecule has 8 heteroatoms. The Kier molecular flexibility index (Phi) is 4.66. The second kappa shape index (κ2) is 6.88. The van der Waals surface area contributed by atoms with Gasteiger partial charge in [-0.3, -0.25) is 4.79 Å². The lowest BCUT2D eigenvalue weighted by atomic mass is 10.2. The fourth-order valence-corrected chi connectivity index (χ4v) is 2.31. The minimum atomic E-state index is -1.55. The normalized spacial score (nSPS) is 16.9. The highest BCUT2D eigenvalue weighted by Gasteiger charge is 2.23. The van der Waals surface area contributed by atoms with Gasteiger partial charge in [-0.2, -0.15) is 0 Å². The summed E-state index contributed by atoms with van der Waals surface area (Å²) < 4.78 is 44.9. The Morgan fingerprint density at radius 2 is 2.00 bits per heavy atom. The van der Waals surface area contributed by atoms with E-state index in [0.29, 0.717) is 24.5 Å². The predicted molar refractivity (Wildman–Crippen MR) is 81.4 cm³/mol. The summed E-state index contributed by atoms with van der Waals surface area (Å²) in [7, 11) is 0. The fraction of sp³-hybridized carbons (Fsp3) is 0.250. The smallest absolute Gasteiger partial charge is 0.254 e. The highest BCUT2D eigenvalue weighted by Crippen LogP contribution is 2.23. The van der Waals surface area contributed by atoms with Gasteiger partial charge in [0.05, 0.1) is 17.6 Å². The number of pyridine rings is 1. The summed E-state index contributed by atoms with van der Waals surface area (Å²) in [5.74, 6) is -4.08. The van der Waals surface area contributed by atoms with Crippen molar-refractivity contribution in [2.45, 2.75) is 18.9 Å². The topological polar surface area (TPSA) is 63.2 Å². The lowest BCUT2D eigenvalue weighted by Crippen LogP contribution is -2.27. The van der Waals surface area contributed by atoms with Crippen LogP contribution >= 0.6 is 0 Å². The van der Waals surface area contributed by atoms with Crippen molar-refractivity contribution in [3.8, 4) is 0 Å². The number of halogens is 3. The fourth-order valence-electron chi connectivity index (χ4n) is 2.31. The highest BCUT2D eigenvalue weighted by atomic mass is 19.2. The molecule has 3 rings (SSSR count). The number of hydrogen-bond acceptors (Lipinski definition) is 4. The van der Waals surface area contributed by atoms with Crippen molar-refractivity contribution in [1.29, 1.82) is 0 Å². The molecule has 2 N–H and O–H groups in total. The number of carbonyl (C=O) groups is 1. The van der Waals surface area contributed by atoms with Crippen LogP contribution in [-0.2, 0) is 9.53 Å². The van der Waals surface area contributed by atoms with Crippen molar-refractivity contribution in [3.05, 3.63) is 47.9 Å². The maximum absolute atomic E-state index is 13.6. The quantitative estimate of drug-likeness (QED) is 0.840. The van der Waals surface area contributed by atoms with Gasteiger partial charge in [0.2, 0.25) is 0 Å². The third-order valence-electron chi connectivity index (χ3n) is 3.55. The number of amides is 1. The molecule has 0 aliphatic carbocycles. The van der Waals surface area contributed by atoms with Crippen LogP contribution in [0.4, 0.5) is 30.4 Å². The largest absolute Gasteiger partial charge is 0.368 e. The third-order valence-corrected chi connectivity index (χ3v) is 3.55. The Labute approximate surface area is 135 Å². The average Bonchev–Trinajstić information content (AvgIpc) is 3.12. The van der Waals surface area contributed by atoms with E-state index in [2.05, 4.69) is 15.6 Å². The number of nitrogens with zero attached hydrogens (tertiary/aromatic N) is 1. The summed E-state index contributed by atoms with van der Waals surface area (Å²) in [5, 5.41) is 5.21. The number of anilines is 3. The van der Waals surface area contributed by atoms with Crippen LogP contribution in [0.3, 0.4) is 0 Å². The first-order valence-electron chi connectivity index (χ1n) is 7.33. The van der Waals surface area contributed by atoms with E-state index in [-0.39, 0.29) is 11.6 Å². The SMILES string of the molecule is O=C(Nc1ccc(Nc2ccc(F)c(F)c2F)cn1)C1CCCO1. The number of nitrogens with one attached hydrogen (secondary N) is 2. The number of ether oxygens (including phenoxy) is 1. The zero-order valence-corrected chi connectivity index (χ0v) is 12.5. The number of rotatable bonds is 4. The monoisotopic (exact) mass is 337 g/mol. The lowest BCUT2D eigenvalue weighted by molar-refractivity contribution is -0.124. The van der Waals surface area contributed by atoms with Crippen molar-refractivity contribution >= 4 is 23.1 Å². The Balaban J connectivity index is 1.66. The number of hydrogen-bond donors (Lipinski definition) is 2. The number of benzene rings is 1. The van der Waals surface area contributed by atoms with Gasteiger partial charge in [0.15, 0.2) is 17.5 Å². The Morgan fingerprint density at radius 3 is 2.67 bits per heavy atom. The molecule has 0 bridgehead atoms. The van der Waals surface area contributed by atoms with Crippen LogP contribution in [0.5, 0.6) is 0 Å². The second-order valence-electron chi connectivity index (χ2n) is 5.27. The maximum Gasteiger partial charge on any atom is 0.254 e. The van der Waals surface area contributed by atoms with Crippen LogP contribution in [0.25, 0.3) is 0 Å². The Morgan fingerprint density at radius 1 is 1.17 bits per heavy atom. The molecule has 1 aromatic heterocycles. The van der Waals surface area contributed by atoms with Gasteiger partial charge in [-0.1, -0.05) is 0 Å². The van der Waals surface area contributed by atoms with Crippen molar-refractivity contribution < 1.29 is 22.7 Å². The van der Waals surface area contributed by atoms with Crippen LogP contribution in [0, 0.1) is 17.5 Å². The van der Waals surface area contributed by atoms with Crippen molar-refractivity contribution in [3.63, 3.8) is 0 Å². The van der Waals surface area contributed by atoms with Gasteiger partial charge in [0.25, 0.3) is 5.91 Å². The summed E-state index contributed by atoms with van der Waals surface area (Å²) in [6, 6.07) is 4.94. The molecule has 126 valence electrons. The van der Waals surface area contributed by atoms with Crippen LogP contribution in [0.1, 0.15) is 12.8 Å². The van der Waals surface area contributed by atoms with Crippen molar-refractivity contribution in [2.75, 3.05) is 17.2 Å². The molecule has 1 saturated heterocycles. The molecule has 0 spiro atoms. The van der Waals surface area contributed by atoms with E-state index >= 15 is 0 Å². The summed E-state index contributed by atoms with van der Waals surface area (Å²) in [6.45, 7) is 0.564. The molecular weight excluding hydrogens is 323 g/mol. The van der Waals surface area contributed by atoms with Gasteiger partial charge < -0.3 is 15.4 Å². The minimum absolute atomic E-state index is 0.216. The Hall–Kier alpha value is -2.61. The molecule has 1 aliphatic heterocycles. The zero-order valence-electron chi connectivity index (χ0n) is 12.5. The van der Waals surface area contributed by atoms with E-state index in [1.807, 2.05) is 0 Å². The summed E-state index contributed by atoms with van der Waals surface area (Å²) >= 11 is 0. The summed E-state index contributed by atoms with van der Waals surface area (Å²) in [4.78, 5) is 15.9. The zero-order chi connectivity index (χ0) is 17.1. The van der Waals surface area contributed by atoms with E-state index in [1.165, 1.54) is 18.3 Å². The van der Waals surface area contributed by atoms with E-state index in [1.54, 1.807) is 0 Å². The molecule has 1 fully saturated rings. The van der Waals surface area contributed by atoms with Crippen LogP contribution in [0.15, 0.2) is 30.5 Å². The van der Waals surface area contributed by atoms with Crippen LogP contribution in [-0.4, -0.2) is 23.6 Å². The van der Waals surface area contributed by atoms with Gasteiger partial charge in [-0.15, -0.1) is 0 Å². The van der Waals surface area contributed by atoms with Crippen LogP contribution < -0.4 is 10.6 Å². The predicted octanol–water partition coefficient (Wildman–Crippen LogP) is 3.36. The molecule has 1 amide bonds. The van der Waals surface area contributed by atoms with Gasteiger partial charge in [0.1, 0.15) is 11.9 Å². The van der Waals surface area contributed by atoms with Crippen molar-refractivity contribution in [1.82, 2.24) is 4.98 Å². The van der Waals surface area contributed by atoms with Crippen molar-refractivity contribution in [2.24, 2.45) is 0 Å². The molecule has 1 atom stereocenters. The molecule has 1 aliphatic rings. The van der Waals surface area contributed by atoms with Gasteiger partial charge in [-0.25, -0.2) is 18.2 Å². The second-order valence-corrected chi connectivity index (χ2v) is 5.27. The van der Waals surface area contributed by atoms with Crippen LogP contribution in [0.2, 0.25) is 0 Å². The number of aromatic nitrogens is 1. The molecule has 0 saturated carbocycles. The number of carbonyl (C=O) groups excluding carboxylic acids is 1. The first-order valence-corrected chi connectivity index (χ1v) is 7.33. The molecule has 1 aromatic carbocycles. The maximum atomic E-state index is 13.6. The molecule has 1 unspecified atom stereocenters. The van der Waals surface area contributed by atoms with E-state index < -0.39 is 23.6 Å². The van der Waals surface area contributed by atoms with E-state index in [0.717, 1.165) is 18.6 Å². The van der Waals surface area contributed by atoms with Gasteiger partial charge >= 0.3 is 0 Å². The van der Waals surface area contributed by atoms with E-state index in [9.17, 15) is 18.0 Å². The Bertz CT molecular complexity index is 747. The third kappa shape index (κ3) is 3.48. The molecule has 0 radical (unpaired) electrons.